The van der Waals surface area contributed by atoms with Crippen molar-refractivity contribution < 1.29 is 14.3 Å². The van der Waals surface area contributed by atoms with E-state index in [1.54, 1.807) is 0 Å². The second kappa shape index (κ2) is 5.41. The monoisotopic (exact) mass is 251 g/mol. The highest BCUT2D eigenvalue weighted by Crippen LogP contribution is 2.48. The normalized spacial score (nSPS) is 27.7. The minimum atomic E-state index is 0.0152. The van der Waals surface area contributed by atoms with E-state index in [2.05, 4.69) is 5.32 Å². The van der Waals surface area contributed by atoms with Gasteiger partial charge in [0.15, 0.2) is 0 Å². The van der Waals surface area contributed by atoms with Crippen molar-refractivity contribution >= 4 is 5.91 Å². The largest absolute Gasteiger partial charge is 0.376 e. The molecule has 0 aromatic rings. The van der Waals surface area contributed by atoms with Crippen LogP contribution in [0.5, 0.6) is 0 Å². The summed E-state index contributed by atoms with van der Waals surface area (Å²) in [5.74, 6) is 1.45. The number of allylic oxidation sites excluding steroid dienone is 1. The average molecular weight is 251 g/mol. The Labute approximate surface area is 108 Å². The minimum absolute atomic E-state index is 0.0152. The van der Waals surface area contributed by atoms with Crippen LogP contribution in [0.3, 0.4) is 0 Å². The Bertz CT molecular complexity index is 325. The molecule has 0 radical (unpaired) electrons. The number of carbonyl (C=O) groups is 1. The second-order valence-electron chi connectivity index (χ2n) is 5.51. The van der Waals surface area contributed by atoms with Crippen LogP contribution in [-0.4, -0.2) is 38.4 Å². The maximum absolute atomic E-state index is 11.9. The van der Waals surface area contributed by atoms with Gasteiger partial charge in [-0.1, -0.05) is 5.57 Å². The van der Waals surface area contributed by atoms with Crippen molar-refractivity contribution in [3.8, 4) is 0 Å². The first kappa shape index (κ1) is 12.2. The summed E-state index contributed by atoms with van der Waals surface area (Å²) < 4.78 is 10.8. The summed E-state index contributed by atoms with van der Waals surface area (Å²) >= 11 is 0. The van der Waals surface area contributed by atoms with Gasteiger partial charge in [-0.2, -0.15) is 0 Å². The molecule has 1 atom stereocenters. The molecule has 2 saturated carbocycles. The van der Waals surface area contributed by atoms with Crippen LogP contribution in [0, 0.1) is 11.8 Å². The minimum Gasteiger partial charge on any atom is -0.376 e. The molecule has 0 bridgehead atoms. The van der Waals surface area contributed by atoms with E-state index >= 15 is 0 Å². The molecule has 2 aliphatic carbocycles. The number of ether oxygens (including phenoxy) is 2. The van der Waals surface area contributed by atoms with E-state index in [9.17, 15) is 4.79 Å². The van der Waals surface area contributed by atoms with Crippen molar-refractivity contribution in [2.45, 2.75) is 31.8 Å². The van der Waals surface area contributed by atoms with Gasteiger partial charge >= 0.3 is 0 Å². The first-order valence-corrected chi connectivity index (χ1v) is 7.01. The molecule has 0 spiro atoms. The molecule has 1 heterocycles. The summed E-state index contributed by atoms with van der Waals surface area (Å²) in [6.45, 7) is 2.43. The Morgan fingerprint density at radius 2 is 1.89 bits per heavy atom. The molecule has 3 fully saturated rings. The number of rotatable bonds is 5. The lowest BCUT2D eigenvalue weighted by Crippen LogP contribution is -2.39. The smallest absolute Gasteiger partial charge is 0.244 e. The van der Waals surface area contributed by atoms with Crippen LogP contribution in [0.25, 0.3) is 0 Å². The number of carbonyl (C=O) groups excluding carboxylic acids is 1. The molecule has 18 heavy (non-hydrogen) atoms. The molecule has 0 aromatic heterocycles. The summed E-state index contributed by atoms with van der Waals surface area (Å²) in [6.07, 6.45) is 6.95. The van der Waals surface area contributed by atoms with Gasteiger partial charge in [0.25, 0.3) is 0 Å². The molecule has 3 aliphatic rings. The van der Waals surface area contributed by atoms with Crippen molar-refractivity contribution in [2.75, 3.05) is 26.4 Å². The zero-order valence-electron chi connectivity index (χ0n) is 10.7. The van der Waals surface area contributed by atoms with Crippen molar-refractivity contribution in [3.05, 3.63) is 11.6 Å². The highest BCUT2D eigenvalue weighted by molar-refractivity contribution is 5.88. The fraction of sp³-hybridized carbons (Fsp3) is 0.786. The SMILES string of the molecule is O=C(C=C(C1CC1)C1CC1)NC[C@@H]1COCCO1. The Morgan fingerprint density at radius 3 is 2.44 bits per heavy atom. The van der Waals surface area contributed by atoms with E-state index in [0.29, 0.717) is 38.2 Å². The number of amides is 1. The number of nitrogens with one attached hydrogen (secondary N) is 1. The van der Waals surface area contributed by atoms with Gasteiger partial charge in [0.1, 0.15) is 0 Å². The molecule has 0 aromatic carbocycles. The van der Waals surface area contributed by atoms with Crippen molar-refractivity contribution in [3.63, 3.8) is 0 Å². The third-order valence-electron chi connectivity index (χ3n) is 3.78. The zero-order chi connectivity index (χ0) is 12.4. The molecule has 3 rings (SSSR count). The zero-order valence-corrected chi connectivity index (χ0v) is 10.7. The summed E-state index contributed by atoms with van der Waals surface area (Å²) in [7, 11) is 0. The summed E-state index contributed by atoms with van der Waals surface area (Å²) in [4.78, 5) is 11.9. The highest BCUT2D eigenvalue weighted by Gasteiger charge is 2.36. The summed E-state index contributed by atoms with van der Waals surface area (Å²) in [5, 5.41) is 2.93. The Hall–Kier alpha value is -0.870. The van der Waals surface area contributed by atoms with E-state index in [1.807, 2.05) is 6.08 Å². The van der Waals surface area contributed by atoms with Crippen LogP contribution in [0.15, 0.2) is 11.6 Å². The molecule has 1 aliphatic heterocycles. The fourth-order valence-electron chi connectivity index (χ4n) is 2.47. The van der Waals surface area contributed by atoms with E-state index < -0.39 is 0 Å². The second-order valence-corrected chi connectivity index (χ2v) is 5.51. The summed E-state index contributed by atoms with van der Waals surface area (Å²) in [6, 6.07) is 0. The van der Waals surface area contributed by atoms with Crippen molar-refractivity contribution in [2.24, 2.45) is 11.8 Å². The Balaban J connectivity index is 1.46. The maximum Gasteiger partial charge on any atom is 0.244 e. The lowest BCUT2D eigenvalue weighted by Gasteiger charge is -2.22. The predicted octanol–water partition coefficient (Wildman–Crippen LogP) is 1.26. The van der Waals surface area contributed by atoms with E-state index in [0.717, 1.165) is 0 Å². The Kier molecular flexibility index (Phi) is 3.66. The van der Waals surface area contributed by atoms with Gasteiger partial charge < -0.3 is 14.8 Å². The molecule has 1 saturated heterocycles. The highest BCUT2D eigenvalue weighted by atomic mass is 16.6. The molecular formula is C14H21NO3. The van der Waals surface area contributed by atoms with Crippen molar-refractivity contribution in [1.82, 2.24) is 5.32 Å². The van der Waals surface area contributed by atoms with Gasteiger partial charge in [-0.3, -0.25) is 4.79 Å². The predicted molar refractivity (Wildman–Crippen MR) is 67.1 cm³/mol. The van der Waals surface area contributed by atoms with E-state index in [-0.39, 0.29) is 12.0 Å². The lowest BCUT2D eigenvalue weighted by atomic mass is 10.1. The van der Waals surface area contributed by atoms with Gasteiger partial charge in [0, 0.05) is 12.6 Å². The maximum atomic E-state index is 11.9. The molecule has 100 valence electrons. The van der Waals surface area contributed by atoms with Gasteiger partial charge in [-0.15, -0.1) is 0 Å². The third-order valence-corrected chi connectivity index (χ3v) is 3.78. The van der Waals surface area contributed by atoms with Crippen LogP contribution in [0.2, 0.25) is 0 Å². The average Bonchev–Trinajstić information content (AvgIpc) is 3.28. The van der Waals surface area contributed by atoms with Crippen LogP contribution in [0.4, 0.5) is 0 Å². The van der Waals surface area contributed by atoms with Crippen LogP contribution >= 0.6 is 0 Å². The number of hydrogen-bond acceptors (Lipinski definition) is 3. The Morgan fingerprint density at radius 1 is 1.17 bits per heavy atom. The molecular weight excluding hydrogens is 230 g/mol. The summed E-state index contributed by atoms with van der Waals surface area (Å²) in [5.41, 5.74) is 1.40. The van der Waals surface area contributed by atoms with Crippen LogP contribution in [-0.2, 0) is 14.3 Å². The van der Waals surface area contributed by atoms with Gasteiger partial charge in [-0.05, 0) is 37.5 Å². The quantitative estimate of drug-likeness (QED) is 0.748. The van der Waals surface area contributed by atoms with Gasteiger partial charge in [-0.25, -0.2) is 0 Å². The third kappa shape index (κ3) is 3.33. The van der Waals surface area contributed by atoms with Gasteiger partial charge in [0.2, 0.25) is 5.91 Å². The molecule has 4 heteroatoms. The van der Waals surface area contributed by atoms with Crippen LogP contribution in [0.1, 0.15) is 25.7 Å². The lowest BCUT2D eigenvalue weighted by molar-refractivity contribution is -0.119. The fourth-order valence-corrected chi connectivity index (χ4v) is 2.47. The molecule has 1 amide bonds. The standard InChI is InChI=1S/C14H21NO3/c16-14(15-8-12-9-17-5-6-18-12)7-13(10-1-2-10)11-3-4-11/h7,10-12H,1-6,8-9H2,(H,15,16)/t12-/m1/s1. The first-order chi connectivity index (χ1) is 8.83. The number of hydrogen-bond donors (Lipinski definition) is 1. The van der Waals surface area contributed by atoms with E-state index in [1.165, 1.54) is 31.3 Å². The first-order valence-electron chi connectivity index (χ1n) is 7.01. The van der Waals surface area contributed by atoms with Gasteiger partial charge in [0.05, 0.1) is 25.9 Å². The topological polar surface area (TPSA) is 47.6 Å². The van der Waals surface area contributed by atoms with E-state index in [4.69, 9.17) is 9.47 Å². The molecule has 4 nitrogen and oxygen atoms in total. The molecule has 1 N–H and O–H groups in total. The van der Waals surface area contributed by atoms with Crippen molar-refractivity contribution in [1.29, 1.82) is 0 Å². The van der Waals surface area contributed by atoms with Crippen LogP contribution < -0.4 is 5.32 Å². The molecule has 0 unspecified atom stereocenters.